The van der Waals surface area contributed by atoms with Gasteiger partial charge in [-0.3, -0.25) is 0 Å². The van der Waals surface area contributed by atoms with Crippen LogP contribution in [0.4, 0.5) is 0 Å². The van der Waals surface area contributed by atoms with E-state index in [4.69, 9.17) is 0 Å². The fourth-order valence-electron chi connectivity index (χ4n) is 0.875. The Balaban J connectivity index is 2.37. The molecule has 0 saturated carbocycles. The van der Waals surface area contributed by atoms with Crippen molar-refractivity contribution in [1.29, 1.82) is 0 Å². The largest absolute Gasteiger partial charge is 0.118 e. The molecule has 0 aromatic rings. The topological polar surface area (TPSA) is 0 Å². The summed E-state index contributed by atoms with van der Waals surface area (Å²) in [7, 11) is -0.00720. The van der Waals surface area contributed by atoms with Gasteiger partial charge in [-0.1, -0.05) is 12.8 Å². The molecule has 0 bridgehead atoms. The van der Waals surface area contributed by atoms with E-state index in [9.17, 15) is 0 Å². The van der Waals surface area contributed by atoms with E-state index in [2.05, 4.69) is 6.17 Å². The summed E-state index contributed by atoms with van der Waals surface area (Å²) in [4.78, 5) is 0. The summed E-state index contributed by atoms with van der Waals surface area (Å²) in [6.07, 6.45) is 6.98. The van der Waals surface area contributed by atoms with Crippen molar-refractivity contribution >= 4 is 14.6 Å². The molecule has 0 radical (unpaired) electrons. The minimum absolute atomic E-state index is 0.00720. The average molecular weight is 98.2 g/mol. The van der Waals surface area contributed by atoms with Crippen LogP contribution in [0.3, 0.4) is 0 Å². The smallest absolute Gasteiger partial charge is 0.00191 e. The molecule has 0 spiro atoms. The zero-order chi connectivity index (χ0) is 4.41. The summed E-state index contributed by atoms with van der Waals surface area (Å²) >= 11 is 0. The van der Waals surface area contributed by atoms with Crippen molar-refractivity contribution in [2.24, 2.45) is 0 Å². The molecule has 0 aromatic carbocycles. The van der Waals surface area contributed by atoms with Crippen LogP contribution in [0.5, 0.6) is 0 Å². The summed E-state index contributed by atoms with van der Waals surface area (Å²) in [5.41, 5.74) is 0. The van der Waals surface area contributed by atoms with Crippen molar-refractivity contribution in [3.05, 3.63) is 0 Å². The summed E-state index contributed by atoms with van der Waals surface area (Å²) in [6.45, 7) is 0. The Kier molecular flexibility index (Phi) is 1.20. The van der Waals surface area contributed by atoms with Gasteiger partial charge in [0.25, 0.3) is 0 Å². The zero-order valence-electron chi connectivity index (χ0n) is 4.04. The van der Waals surface area contributed by atoms with Crippen LogP contribution in [0.15, 0.2) is 0 Å². The molecular weight excluding hydrogens is 88.1 g/mol. The third kappa shape index (κ3) is 0.775. The fraction of sp³-hybridized carbons (Fsp3) is 0.800. The second-order valence-electron chi connectivity index (χ2n) is 1.96. The van der Waals surface area contributed by atoms with Crippen molar-refractivity contribution in [2.45, 2.75) is 24.9 Å². The van der Waals surface area contributed by atoms with Gasteiger partial charge in [-0.05, 0) is 12.1 Å². The highest BCUT2D eigenvalue weighted by Gasteiger charge is 2.02. The third-order valence-corrected chi connectivity index (χ3v) is 3.43. The highest BCUT2D eigenvalue weighted by atomic mass is 28.2. The van der Waals surface area contributed by atoms with E-state index in [-0.39, 0.29) is 8.41 Å². The third-order valence-electron chi connectivity index (χ3n) is 1.31. The van der Waals surface area contributed by atoms with Gasteiger partial charge in [-0.2, -0.15) is 0 Å². The van der Waals surface area contributed by atoms with Gasteiger partial charge < -0.3 is 0 Å². The quantitative estimate of drug-likeness (QED) is 0.400. The molecule has 1 fully saturated rings. The molecule has 0 aliphatic carbocycles. The van der Waals surface area contributed by atoms with E-state index in [1.807, 2.05) is 0 Å². The van der Waals surface area contributed by atoms with E-state index >= 15 is 0 Å². The van der Waals surface area contributed by atoms with Crippen molar-refractivity contribution in [1.82, 2.24) is 0 Å². The fourth-order valence-corrected chi connectivity index (χ4v) is 2.62. The van der Waals surface area contributed by atoms with E-state index in [1.165, 1.54) is 24.9 Å². The summed E-state index contributed by atoms with van der Waals surface area (Å²) < 4.78 is 0. The molecule has 1 heterocycles. The number of hydrogen-bond donors (Lipinski definition) is 0. The molecule has 0 N–H and O–H groups in total. The van der Waals surface area contributed by atoms with Gasteiger partial charge in [0.05, 0.1) is 0 Å². The lowest BCUT2D eigenvalue weighted by Gasteiger charge is -1.77. The maximum Gasteiger partial charge on any atom is 0.00191 e. The molecule has 0 nitrogen and oxygen atoms in total. The molecule has 0 atom stereocenters. The first-order valence-electron chi connectivity index (χ1n) is 2.56. The molecule has 1 saturated heterocycles. The molecular formula is C5H10Si. The number of hydrogen-bond acceptors (Lipinski definition) is 0. The highest BCUT2D eigenvalue weighted by Crippen LogP contribution is 2.12. The van der Waals surface area contributed by atoms with Crippen molar-refractivity contribution in [3.8, 4) is 0 Å². The Hall–Kier alpha value is 0.0869. The Morgan fingerprint density at radius 2 is 1.67 bits per heavy atom. The van der Waals surface area contributed by atoms with E-state index in [0.29, 0.717) is 0 Å². The second kappa shape index (κ2) is 1.69. The van der Waals surface area contributed by atoms with Crippen LogP contribution in [-0.2, 0) is 0 Å². The minimum Gasteiger partial charge on any atom is -0.118 e. The van der Waals surface area contributed by atoms with Crippen LogP contribution in [-0.4, -0.2) is 14.6 Å². The van der Waals surface area contributed by atoms with Gasteiger partial charge in [0.1, 0.15) is 0 Å². The first-order chi connectivity index (χ1) is 2.89. The lowest BCUT2D eigenvalue weighted by Crippen LogP contribution is -1.85. The van der Waals surface area contributed by atoms with Gasteiger partial charge >= 0.3 is 0 Å². The number of rotatable bonds is 0. The van der Waals surface area contributed by atoms with Crippen LogP contribution >= 0.6 is 0 Å². The molecule has 6 heavy (non-hydrogen) atoms. The molecule has 1 heteroatoms. The van der Waals surface area contributed by atoms with Gasteiger partial charge in [-0.25, -0.2) is 0 Å². The van der Waals surface area contributed by atoms with Crippen LogP contribution in [0, 0.1) is 0 Å². The lowest BCUT2D eigenvalue weighted by atomic mass is 10.4. The van der Waals surface area contributed by atoms with E-state index in [1.54, 1.807) is 0 Å². The van der Waals surface area contributed by atoms with Crippen LogP contribution in [0.2, 0.25) is 12.1 Å². The predicted octanol–water partition coefficient (Wildman–Crippen LogP) is 1.29. The molecule has 1 aliphatic rings. The lowest BCUT2D eigenvalue weighted by molar-refractivity contribution is 0.935. The van der Waals surface area contributed by atoms with Gasteiger partial charge in [-0.15, -0.1) is 6.17 Å². The molecule has 1 rings (SSSR count). The van der Waals surface area contributed by atoms with Crippen LogP contribution in [0.1, 0.15) is 12.8 Å². The standard InChI is InChI=1S/C5H10Si/c1-6-4-2-3-5-6/h1-5H2. The van der Waals surface area contributed by atoms with Crippen LogP contribution < -0.4 is 0 Å². The van der Waals surface area contributed by atoms with E-state index < -0.39 is 0 Å². The molecule has 0 amide bonds. The molecule has 0 unspecified atom stereocenters. The van der Waals surface area contributed by atoms with Gasteiger partial charge in [0, 0.05) is 8.41 Å². The van der Waals surface area contributed by atoms with Crippen LogP contribution in [0.25, 0.3) is 0 Å². The molecule has 34 valence electrons. The Morgan fingerprint density at radius 3 is 1.83 bits per heavy atom. The zero-order valence-corrected chi connectivity index (χ0v) is 5.04. The first kappa shape index (κ1) is 4.25. The molecule has 1 aliphatic heterocycles. The van der Waals surface area contributed by atoms with E-state index in [0.717, 1.165) is 0 Å². The SMILES string of the molecule is C=[Si]1CCCC1. The summed E-state index contributed by atoms with van der Waals surface area (Å²) in [6, 6.07) is 2.95. The van der Waals surface area contributed by atoms with Crippen molar-refractivity contribution in [2.75, 3.05) is 0 Å². The Bertz CT molecular complexity index is 58.3. The molecule has 0 aromatic heterocycles. The van der Waals surface area contributed by atoms with Gasteiger partial charge in [0.15, 0.2) is 0 Å². The monoisotopic (exact) mass is 98.1 g/mol. The predicted molar refractivity (Wildman–Crippen MR) is 31.7 cm³/mol. The van der Waals surface area contributed by atoms with Crippen molar-refractivity contribution < 1.29 is 0 Å². The summed E-state index contributed by atoms with van der Waals surface area (Å²) in [5.74, 6) is 0. The Labute approximate surface area is 40.4 Å². The first-order valence-corrected chi connectivity index (χ1v) is 4.68. The normalized spacial score (nSPS) is 22.3. The second-order valence-corrected chi connectivity index (χ2v) is 4.46. The van der Waals surface area contributed by atoms with Crippen molar-refractivity contribution in [3.63, 3.8) is 0 Å². The maximum atomic E-state index is 4.04. The minimum atomic E-state index is -0.00720. The summed E-state index contributed by atoms with van der Waals surface area (Å²) in [5, 5.41) is 0. The maximum absolute atomic E-state index is 4.04. The highest BCUT2D eigenvalue weighted by molar-refractivity contribution is 6.62. The average Bonchev–Trinajstić information content (AvgIpc) is 1.86. The Morgan fingerprint density at radius 1 is 1.17 bits per heavy atom. The van der Waals surface area contributed by atoms with Gasteiger partial charge in [0.2, 0.25) is 0 Å².